The average Bonchev–Trinajstić information content (AvgIpc) is 3.24. The van der Waals surface area contributed by atoms with E-state index >= 15 is 0 Å². The number of carbonyl (C=O) groups excluding carboxylic acids is 1. The fourth-order valence-corrected chi connectivity index (χ4v) is 5.46. The van der Waals surface area contributed by atoms with Gasteiger partial charge >= 0.3 is 5.69 Å². The van der Waals surface area contributed by atoms with Crippen molar-refractivity contribution >= 4 is 23.4 Å². The fourth-order valence-electron chi connectivity index (χ4n) is 4.51. The monoisotopic (exact) mass is 432 g/mol. The van der Waals surface area contributed by atoms with Crippen molar-refractivity contribution in [2.75, 3.05) is 17.2 Å². The summed E-state index contributed by atoms with van der Waals surface area (Å²) in [5, 5.41) is 0.725. The van der Waals surface area contributed by atoms with Gasteiger partial charge < -0.3 is 4.90 Å². The number of hydrogen-bond donors (Lipinski definition) is 0. The molecular weight excluding hydrogens is 408 g/mol. The molecule has 6 nitrogen and oxygen atoms in total. The molecular formula is C24H24N4O2S. The number of amides is 1. The van der Waals surface area contributed by atoms with Gasteiger partial charge in [-0.1, -0.05) is 36.0 Å². The SMILES string of the molecule is O=C(CSc1nc(=O)n(Cc2cccnc2)c2c1CCCC2)N1CCc2ccccc21. The first-order valence-electron chi connectivity index (χ1n) is 10.7. The zero-order valence-electron chi connectivity index (χ0n) is 17.3. The Hall–Kier alpha value is -2.93. The third-order valence-electron chi connectivity index (χ3n) is 6.03. The number of anilines is 1. The first-order chi connectivity index (χ1) is 15.2. The van der Waals surface area contributed by atoms with E-state index in [1.165, 1.54) is 17.3 Å². The van der Waals surface area contributed by atoms with Crippen LogP contribution < -0.4 is 10.6 Å². The van der Waals surface area contributed by atoms with Gasteiger partial charge in [0.15, 0.2) is 0 Å². The van der Waals surface area contributed by atoms with Gasteiger partial charge in [-0.2, -0.15) is 4.98 Å². The molecule has 2 aliphatic rings. The first kappa shape index (κ1) is 20.0. The maximum Gasteiger partial charge on any atom is 0.349 e. The summed E-state index contributed by atoms with van der Waals surface area (Å²) in [5.41, 5.74) is 5.17. The molecule has 0 N–H and O–H groups in total. The van der Waals surface area contributed by atoms with E-state index in [4.69, 9.17) is 0 Å². The molecule has 0 fully saturated rings. The van der Waals surface area contributed by atoms with Crippen molar-refractivity contribution < 1.29 is 4.79 Å². The lowest BCUT2D eigenvalue weighted by Gasteiger charge is -2.23. The van der Waals surface area contributed by atoms with Crippen LogP contribution in [0.25, 0.3) is 0 Å². The van der Waals surface area contributed by atoms with Crippen molar-refractivity contribution in [1.29, 1.82) is 0 Å². The van der Waals surface area contributed by atoms with Crippen molar-refractivity contribution in [3.63, 3.8) is 0 Å². The molecule has 31 heavy (non-hydrogen) atoms. The van der Waals surface area contributed by atoms with Crippen molar-refractivity contribution in [2.45, 2.75) is 43.7 Å². The van der Waals surface area contributed by atoms with Crippen LogP contribution in [0.4, 0.5) is 5.69 Å². The van der Waals surface area contributed by atoms with E-state index in [0.29, 0.717) is 12.3 Å². The first-order valence-corrected chi connectivity index (χ1v) is 11.7. The molecule has 2 aromatic heterocycles. The molecule has 0 saturated carbocycles. The Morgan fingerprint density at radius 2 is 1.94 bits per heavy atom. The van der Waals surface area contributed by atoms with Crippen LogP contribution in [0.3, 0.4) is 0 Å². The van der Waals surface area contributed by atoms with Crippen LogP contribution in [-0.2, 0) is 30.6 Å². The topological polar surface area (TPSA) is 68.1 Å². The van der Waals surface area contributed by atoms with E-state index < -0.39 is 0 Å². The molecule has 1 aliphatic heterocycles. The van der Waals surface area contributed by atoms with Crippen molar-refractivity contribution in [3.8, 4) is 0 Å². The van der Waals surface area contributed by atoms with Crippen LogP contribution in [-0.4, -0.2) is 32.7 Å². The largest absolute Gasteiger partial charge is 0.349 e. The van der Waals surface area contributed by atoms with E-state index in [1.807, 2.05) is 35.2 Å². The summed E-state index contributed by atoms with van der Waals surface area (Å²) >= 11 is 1.41. The molecule has 0 atom stereocenters. The van der Waals surface area contributed by atoms with Crippen LogP contribution in [0.5, 0.6) is 0 Å². The smallest absolute Gasteiger partial charge is 0.311 e. The van der Waals surface area contributed by atoms with Gasteiger partial charge in [-0.15, -0.1) is 0 Å². The van der Waals surface area contributed by atoms with Gasteiger partial charge in [0, 0.05) is 35.9 Å². The molecule has 0 bridgehead atoms. The number of hydrogen-bond acceptors (Lipinski definition) is 5. The van der Waals surface area contributed by atoms with Crippen molar-refractivity contribution in [1.82, 2.24) is 14.5 Å². The Morgan fingerprint density at radius 1 is 1.06 bits per heavy atom. The van der Waals surface area contributed by atoms with E-state index in [2.05, 4.69) is 16.0 Å². The quantitative estimate of drug-likeness (QED) is 0.457. The lowest BCUT2D eigenvalue weighted by molar-refractivity contribution is -0.116. The molecule has 3 aromatic rings. The highest BCUT2D eigenvalue weighted by Gasteiger charge is 2.26. The summed E-state index contributed by atoms with van der Waals surface area (Å²) in [6.45, 7) is 1.20. The molecule has 0 spiro atoms. The van der Waals surface area contributed by atoms with Gasteiger partial charge in [0.05, 0.1) is 12.3 Å². The van der Waals surface area contributed by atoms with E-state index in [-0.39, 0.29) is 11.6 Å². The van der Waals surface area contributed by atoms with E-state index in [0.717, 1.165) is 66.2 Å². The standard InChI is InChI=1S/C24H24N4O2S/c29-22(27-13-11-18-7-1-3-9-20(18)27)16-31-23-19-8-2-4-10-21(19)28(24(30)26-23)15-17-6-5-12-25-14-17/h1,3,5-7,9,12,14H,2,4,8,10-11,13,15-16H2. The van der Waals surface area contributed by atoms with Crippen molar-refractivity contribution in [3.05, 3.63) is 81.7 Å². The summed E-state index contributed by atoms with van der Waals surface area (Å²) in [4.78, 5) is 36.3. The Balaban J connectivity index is 1.38. The second kappa shape index (κ2) is 8.67. The maximum atomic E-state index is 12.9. The minimum Gasteiger partial charge on any atom is -0.311 e. The number of rotatable bonds is 5. The third kappa shape index (κ3) is 4.02. The molecule has 5 rings (SSSR count). The van der Waals surface area contributed by atoms with E-state index in [1.54, 1.807) is 17.0 Å². The molecule has 3 heterocycles. The van der Waals surface area contributed by atoms with Gasteiger partial charge in [-0.05, 0) is 55.4 Å². The van der Waals surface area contributed by atoms with Crippen LogP contribution in [0, 0.1) is 0 Å². The Morgan fingerprint density at radius 3 is 2.81 bits per heavy atom. The van der Waals surface area contributed by atoms with E-state index in [9.17, 15) is 9.59 Å². The average molecular weight is 433 g/mol. The highest BCUT2D eigenvalue weighted by Crippen LogP contribution is 2.31. The Kier molecular flexibility index (Phi) is 5.59. The number of thioether (sulfide) groups is 1. The normalized spacial score (nSPS) is 14.9. The second-order valence-corrected chi connectivity index (χ2v) is 8.96. The summed E-state index contributed by atoms with van der Waals surface area (Å²) < 4.78 is 1.79. The summed E-state index contributed by atoms with van der Waals surface area (Å²) in [6, 6.07) is 11.9. The van der Waals surface area contributed by atoms with Crippen LogP contribution in [0.1, 0.15) is 35.2 Å². The number of para-hydroxylation sites is 1. The third-order valence-corrected chi connectivity index (χ3v) is 7.04. The lowest BCUT2D eigenvalue weighted by atomic mass is 9.97. The van der Waals surface area contributed by atoms with Crippen molar-refractivity contribution in [2.24, 2.45) is 0 Å². The lowest BCUT2D eigenvalue weighted by Crippen LogP contribution is -2.32. The molecule has 1 aliphatic carbocycles. The predicted octanol–water partition coefficient (Wildman–Crippen LogP) is 3.25. The summed E-state index contributed by atoms with van der Waals surface area (Å²) in [7, 11) is 0. The summed E-state index contributed by atoms with van der Waals surface area (Å²) in [5.74, 6) is 0.362. The van der Waals surface area contributed by atoms with Crippen LogP contribution in [0.2, 0.25) is 0 Å². The van der Waals surface area contributed by atoms with Gasteiger partial charge in [0.1, 0.15) is 5.03 Å². The summed E-state index contributed by atoms with van der Waals surface area (Å²) in [6.07, 6.45) is 8.34. The zero-order chi connectivity index (χ0) is 21.2. The van der Waals surface area contributed by atoms with Gasteiger partial charge in [0.25, 0.3) is 0 Å². The minimum absolute atomic E-state index is 0.0702. The molecule has 1 amide bonds. The Bertz CT molecular complexity index is 1180. The predicted molar refractivity (Wildman–Crippen MR) is 122 cm³/mol. The highest BCUT2D eigenvalue weighted by atomic mass is 32.2. The molecule has 158 valence electrons. The Labute approximate surface area is 185 Å². The minimum atomic E-state index is -0.244. The number of benzene rings is 1. The maximum absolute atomic E-state index is 12.9. The molecule has 7 heteroatoms. The highest BCUT2D eigenvalue weighted by molar-refractivity contribution is 8.00. The number of aromatic nitrogens is 3. The van der Waals surface area contributed by atoms with Gasteiger partial charge in [-0.3, -0.25) is 14.3 Å². The number of pyridine rings is 1. The van der Waals surface area contributed by atoms with Crippen LogP contribution >= 0.6 is 11.8 Å². The fraction of sp³-hybridized carbons (Fsp3) is 0.333. The number of fused-ring (bicyclic) bond motifs is 2. The molecule has 0 unspecified atom stereocenters. The second-order valence-electron chi connectivity index (χ2n) is 7.99. The molecule has 0 radical (unpaired) electrons. The van der Waals surface area contributed by atoms with Crippen LogP contribution in [0.15, 0.2) is 58.6 Å². The number of nitrogens with zero attached hydrogens (tertiary/aromatic N) is 4. The zero-order valence-corrected chi connectivity index (χ0v) is 18.1. The number of carbonyl (C=O) groups is 1. The molecule has 0 saturated heterocycles. The molecule has 1 aromatic carbocycles. The van der Waals surface area contributed by atoms with Gasteiger partial charge in [-0.25, -0.2) is 4.79 Å². The van der Waals surface area contributed by atoms with Gasteiger partial charge in [0.2, 0.25) is 5.91 Å².